The highest BCUT2D eigenvalue weighted by Crippen LogP contribution is 2.39. The largest absolute Gasteiger partial charge is 0.298 e. The van der Waals surface area contributed by atoms with E-state index in [1.54, 1.807) is 12.1 Å². The van der Waals surface area contributed by atoms with Crippen molar-refractivity contribution in [2.75, 3.05) is 10.0 Å². The molecule has 0 atom stereocenters. The summed E-state index contributed by atoms with van der Waals surface area (Å²) in [5, 5.41) is 3.25. The van der Waals surface area contributed by atoms with Gasteiger partial charge in [-0.25, -0.2) is 17.8 Å². The van der Waals surface area contributed by atoms with Crippen molar-refractivity contribution < 1.29 is 17.6 Å². The Morgan fingerprint density at radius 3 is 2.11 bits per heavy atom. The second-order valence-electron chi connectivity index (χ2n) is 8.02. The molecule has 0 radical (unpaired) electrons. The van der Waals surface area contributed by atoms with Crippen molar-refractivity contribution >= 4 is 38.1 Å². The van der Waals surface area contributed by atoms with E-state index in [0.717, 1.165) is 33.8 Å². The molecule has 0 fully saturated rings. The van der Waals surface area contributed by atoms with Crippen molar-refractivity contribution in [1.82, 2.24) is 4.98 Å². The molecule has 6 nitrogen and oxygen atoms in total. The summed E-state index contributed by atoms with van der Waals surface area (Å²) in [5.41, 5.74) is 3.11. The van der Waals surface area contributed by atoms with Crippen LogP contribution in [-0.2, 0) is 10.0 Å². The van der Waals surface area contributed by atoms with Crippen LogP contribution >= 0.6 is 11.3 Å². The molecule has 37 heavy (non-hydrogen) atoms. The number of hydrogen-bond acceptors (Lipinski definition) is 5. The third-order valence-electron chi connectivity index (χ3n) is 5.43. The van der Waals surface area contributed by atoms with Crippen molar-refractivity contribution in [2.45, 2.75) is 4.90 Å². The maximum absolute atomic E-state index is 13.2. The Kier molecular flexibility index (Phi) is 6.80. The number of carbonyl (C=O) groups excluding carboxylic acids is 1. The van der Waals surface area contributed by atoms with Gasteiger partial charge in [-0.2, -0.15) is 0 Å². The quantitative estimate of drug-likeness (QED) is 0.247. The Labute approximate surface area is 217 Å². The van der Waals surface area contributed by atoms with Crippen LogP contribution in [0.2, 0.25) is 0 Å². The Hall–Kier alpha value is -4.34. The minimum Gasteiger partial charge on any atom is -0.298 e. The molecule has 1 amide bonds. The molecule has 1 aromatic heterocycles. The van der Waals surface area contributed by atoms with Crippen LogP contribution in [0.3, 0.4) is 0 Å². The van der Waals surface area contributed by atoms with Gasteiger partial charge in [0.05, 0.1) is 15.5 Å². The smallest absolute Gasteiger partial charge is 0.261 e. The van der Waals surface area contributed by atoms with Crippen LogP contribution in [0.1, 0.15) is 10.4 Å². The lowest BCUT2D eigenvalue weighted by Gasteiger charge is -2.09. The molecule has 4 aromatic carbocycles. The number of sulfonamides is 1. The molecule has 9 heteroatoms. The van der Waals surface area contributed by atoms with Gasteiger partial charge in [0, 0.05) is 16.8 Å². The summed E-state index contributed by atoms with van der Waals surface area (Å²) >= 11 is 1.36. The highest BCUT2D eigenvalue weighted by molar-refractivity contribution is 7.92. The highest BCUT2D eigenvalue weighted by atomic mass is 32.2. The first-order chi connectivity index (χ1) is 17.9. The normalized spacial score (nSPS) is 11.2. The molecule has 0 aliphatic carbocycles. The first kappa shape index (κ1) is 24.4. The van der Waals surface area contributed by atoms with E-state index >= 15 is 0 Å². The maximum Gasteiger partial charge on any atom is 0.261 e. The molecule has 5 aromatic rings. The van der Waals surface area contributed by atoms with Crippen LogP contribution in [0.15, 0.2) is 114 Å². The van der Waals surface area contributed by atoms with Gasteiger partial charge in [-0.05, 0) is 48.0 Å². The van der Waals surface area contributed by atoms with Gasteiger partial charge in [0.15, 0.2) is 5.13 Å². The van der Waals surface area contributed by atoms with Gasteiger partial charge in [-0.15, -0.1) is 0 Å². The first-order valence-corrected chi connectivity index (χ1v) is 13.5. The molecule has 0 aliphatic heterocycles. The van der Waals surface area contributed by atoms with Gasteiger partial charge < -0.3 is 0 Å². The number of rotatable bonds is 7. The van der Waals surface area contributed by atoms with E-state index in [0.29, 0.717) is 5.13 Å². The Balaban J connectivity index is 1.40. The van der Waals surface area contributed by atoms with Gasteiger partial charge in [-0.3, -0.25) is 14.8 Å². The molecular formula is C28H20FN3O3S2. The molecular weight excluding hydrogens is 509 g/mol. The molecule has 0 aliphatic rings. The summed E-state index contributed by atoms with van der Waals surface area (Å²) in [6.45, 7) is 0. The van der Waals surface area contributed by atoms with Crippen LogP contribution in [-0.4, -0.2) is 19.3 Å². The van der Waals surface area contributed by atoms with E-state index in [1.807, 2.05) is 60.7 Å². The van der Waals surface area contributed by atoms with Gasteiger partial charge in [-0.1, -0.05) is 78.1 Å². The van der Waals surface area contributed by atoms with Crippen molar-refractivity contribution in [2.24, 2.45) is 0 Å². The zero-order valence-corrected chi connectivity index (χ0v) is 20.9. The first-order valence-electron chi connectivity index (χ1n) is 11.2. The van der Waals surface area contributed by atoms with Crippen LogP contribution in [0, 0.1) is 5.82 Å². The molecule has 184 valence electrons. The molecule has 0 saturated heterocycles. The number of nitrogens with zero attached hydrogens (tertiary/aromatic N) is 1. The van der Waals surface area contributed by atoms with E-state index < -0.39 is 21.7 Å². The minimum atomic E-state index is -3.95. The van der Waals surface area contributed by atoms with Crippen molar-refractivity contribution in [1.29, 1.82) is 0 Å². The molecule has 5 rings (SSSR count). The van der Waals surface area contributed by atoms with E-state index in [9.17, 15) is 17.6 Å². The molecule has 1 heterocycles. The molecule has 0 unspecified atom stereocenters. The van der Waals surface area contributed by atoms with Gasteiger partial charge >= 0.3 is 0 Å². The van der Waals surface area contributed by atoms with Crippen molar-refractivity contribution in [3.05, 3.63) is 121 Å². The molecule has 0 saturated carbocycles. The molecule has 0 spiro atoms. The average molecular weight is 530 g/mol. The SMILES string of the molecule is O=C(Nc1nc(-c2ccccc2)c(-c2ccccc2)s1)c1cccc(NS(=O)(=O)c2ccc(F)cc2)c1. The zero-order valence-electron chi connectivity index (χ0n) is 19.3. The fourth-order valence-corrected chi connectivity index (χ4v) is 5.71. The number of benzene rings is 4. The van der Waals surface area contributed by atoms with E-state index in [-0.39, 0.29) is 16.1 Å². The van der Waals surface area contributed by atoms with Gasteiger partial charge in [0.25, 0.3) is 15.9 Å². The predicted octanol–water partition coefficient (Wildman–Crippen LogP) is 6.67. The maximum atomic E-state index is 13.2. The van der Waals surface area contributed by atoms with Crippen LogP contribution in [0.5, 0.6) is 0 Å². The summed E-state index contributed by atoms with van der Waals surface area (Å²) in [7, 11) is -3.95. The number of aromatic nitrogens is 1. The highest BCUT2D eigenvalue weighted by Gasteiger charge is 2.18. The molecule has 2 N–H and O–H groups in total. The second kappa shape index (κ2) is 10.3. The summed E-state index contributed by atoms with van der Waals surface area (Å²) in [4.78, 5) is 18.6. The zero-order chi connectivity index (χ0) is 25.8. The number of nitrogens with one attached hydrogen (secondary N) is 2. The third-order valence-corrected chi connectivity index (χ3v) is 7.85. The fraction of sp³-hybridized carbons (Fsp3) is 0. The van der Waals surface area contributed by atoms with E-state index in [4.69, 9.17) is 4.98 Å². The van der Waals surface area contributed by atoms with Crippen LogP contribution < -0.4 is 10.0 Å². The number of thiazole rings is 1. The lowest BCUT2D eigenvalue weighted by Crippen LogP contribution is -2.15. The summed E-state index contributed by atoms with van der Waals surface area (Å²) in [6.07, 6.45) is 0. The summed E-state index contributed by atoms with van der Waals surface area (Å²) < 4.78 is 40.9. The fourth-order valence-electron chi connectivity index (χ4n) is 3.67. The Morgan fingerprint density at radius 1 is 0.784 bits per heavy atom. The topological polar surface area (TPSA) is 88.2 Å². The van der Waals surface area contributed by atoms with Crippen LogP contribution in [0.4, 0.5) is 15.2 Å². The minimum absolute atomic E-state index is 0.0894. The lowest BCUT2D eigenvalue weighted by molar-refractivity contribution is 0.102. The number of amides is 1. The van der Waals surface area contributed by atoms with E-state index in [2.05, 4.69) is 10.0 Å². The van der Waals surface area contributed by atoms with Crippen molar-refractivity contribution in [3.8, 4) is 21.7 Å². The number of anilines is 2. The number of carbonyl (C=O) groups is 1. The van der Waals surface area contributed by atoms with Gasteiger partial charge in [0.1, 0.15) is 5.82 Å². The summed E-state index contributed by atoms with van der Waals surface area (Å²) in [6, 6.07) is 30.1. The Morgan fingerprint density at radius 2 is 1.43 bits per heavy atom. The standard InChI is InChI=1S/C28H20FN3O3S2/c29-22-14-16-24(17-15-22)37(34,35)32-23-13-7-12-21(18-23)27(33)31-28-30-25(19-8-3-1-4-9-19)26(36-28)20-10-5-2-6-11-20/h1-18,32H,(H,30,31,33). The molecule has 0 bridgehead atoms. The van der Waals surface area contributed by atoms with Gasteiger partial charge in [0.2, 0.25) is 0 Å². The average Bonchev–Trinajstić information content (AvgIpc) is 3.33. The number of hydrogen-bond donors (Lipinski definition) is 2. The second-order valence-corrected chi connectivity index (χ2v) is 10.7. The predicted molar refractivity (Wildman–Crippen MR) is 145 cm³/mol. The van der Waals surface area contributed by atoms with Crippen molar-refractivity contribution in [3.63, 3.8) is 0 Å². The Bertz CT molecular complexity index is 1600. The van der Waals surface area contributed by atoms with E-state index in [1.165, 1.54) is 35.6 Å². The summed E-state index contributed by atoms with van der Waals surface area (Å²) in [5.74, 6) is -0.971. The third kappa shape index (κ3) is 5.58. The van der Waals surface area contributed by atoms with Crippen LogP contribution in [0.25, 0.3) is 21.7 Å². The monoisotopic (exact) mass is 529 g/mol. The number of halogens is 1. The lowest BCUT2D eigenvalue weighted by atomic mass is 10.1.